The molecule has 1 aromatic carbocycles. The van der Waals surface area contributed by atoms with Gasteiger partial charge in [0, 0.05) is 11.9 Å². The molecule has 2 N–H and O–H groups in total. The van der Waals surface area contributed by atoms with E-state index in [-0.39, 0.29) is 5.91 Å². The van der Waals surface area contributed by atoms with E-state index in [9.17, 15) is 4.79 Å². The zero-order valence-corrected chi connectivity index (χ0v) is 11.9. The second kappa shape index (κ2) is 5.79. The van der Waals surface area contributed by atoms with Gasteiger partial charge < -0.3 is 4.98 Å². The molecule has 0 aliphatic carbocycles. The third kappa shape index (κ3) is 3.11. The minimum Gasteiger partial charge on any atom is -0.362 e. The Morgan fingerprint density at radius 2 is 1.95 bits per heavy atom. The zero-order chi connectivity index (χ0) is 14.7. The van der Waals surface area contributed by atoms with Gasteiger partial charge >= 0.3 is 0 Å². The lowest BCUT2D eigenvalue weighted by Crippen LogP contribution is -2.13. The van der Waals surface area contributed by atoms with Gasteiger partial charge in [0.2, 0.25) is 0 Å². The highest BCUT2D eigenvalue weighted by molar-refractivity contribution is 6.27. The van der Waals surface area contributed by atoms with Crippen molar-refractivity contribution < 1.29 is 4.79 Å². The van der Waals surface area contributed by atoms with E-state index in [0.29, 0.717) is 5.57 Å². The summed E-state index contributed by atoms with van der Waals surface area (Å²) in [5.41, 5.74) is 7.41. The quantitative estimate of drug-likeness (QED) is 0.831. The molecule has 0 fully saturated rings. The molecule has 0 spiro atoms. The van der Waals surface area contributed by atoms with Crippen molar-refractivity contribution in [2.75, 3.05) is 0 Å². The average Bonchev–Trinajstić information content (AvgIpc) is 3.11. The number of carbonyl (C=O) groups is 1. The summed E-state index contributed by atoms with van der Waals surface area (Å²) in [6, 6.07) is 12.3. The van der Waals surface area contributed by atoms with Crippen molar-refractivity contribution in [1.82, 2.24) is 10.4 Å². The normalized spacial score (nSPS) is 16.1. The average molecular weight is 279 g/mol. The molecule has 21 heavy (non-hydrogen) atoms. The van der Waals surface area contributed by atoms with Crippen molar-refractivity contribution in [3.8, 4) is 0 Å². The summed E-state index contributed by atoms with van der Waals surface area (Å²) in [5, 5.41) is 4.15. The molecule has 3 rings (SSSR count). The summed E-state index contributed by atoms with van der Waals surface area (Å²) < 4.78 is 0. The molecule has 1 aromatic heterocycles. The van der Waals surface area contributed by atoms with E-state index >= 15 is 0 Å². The van der Waals surface area contributed by atoms with Crippen LogP contribution in [0.25, 0.3) is 6.08 Å². The predicted octanol–water partition coefficient (Wildman–Crippen LogP) is 2.83. The van der Waals surface area contributed by atoms with Gasteiger partial charge in [0.1, 0.15) is 0 Å². The maximum Gasteiger partial charge on any atom is 0.273 e. The van der Waals surface area contributed by atoms with E-state index < -0.39 is 0 Å². The topological polar surface area (TPSA) is 57.2 Å². The van der Waals surface area contributed by atoms with Crippen LogP contribution < -0.4 is 5.43 Å². The summed E-state index contributed by atoms with van der Waals surface area (Å²) in [5.74, 6) is -0.136. The third-order valence-electron chi connectivity index (χ3n) is 3.54. The Labute approximate surface area is 123 Å². The lowest BCUT2D eigenvalue weighted by Gasteiger charge is -2.03. The van der Waals surface area contributed by atoms with Crippen molar-refractivity contribution in [3.05, 3.63) is 65.0 Å². The van der Waals surface area contributed by atoms with Gasteiger partial charge in [-0.25, -0.2) is 5.43 Å². The Bertz CT molecular complexity index is 694. The molecular formula is C17H17N3O. The summed E-state index contributed by atoms with van der Waals surface area (Å²) in [6.07, 6.45) is 5.29. The highest BCUT2D eigenvalue weighted by atomic mass is 16.2. The molecule has 0 unspecified atom stereocenters. The molecule has 0 atom stereocenters. The largest absolute Gasteiger partial charge is 0.362 e. The van der Waals surface area contributed by atoms with Crippen LogP contribution in [0.5, 0.6) is 0 Å². The van der Waals surface area contributed by atoms with Crippen LogP contribution in [0.3, 0.4) is 0 Å². The first-order valence-corrected chi connectivity index (χ1v) is 7.00. The summed E-state index contributed by atoms with van der Waals surface area (Å²) in [4.78, 5) is 14.9. The highest BCUT2D eigenvalue weighted by Crippen LogP contribution is 2.16. The van der Waals surface area contributed by atoms with E-state index in [1.54, 1.807) is 0 Å². The number of aromatic nitrogens is 1. The van der Waals surface area contributed by atoms with Gasteiger partial charge in [0.05, 0.1) is 11.3 Å². The molecule has 0 saturated heterocycles. The summed E-state index contributed by atoms with van der Waals surface area (Å²) >= 11 is 0. The maximum atomic E-state index is 11.9. The number of H-pyrrole nitrogens is 1. The van der Waals surface area contributed by atoms with Crippen LogP contribution in [0, 0.1) is 6.92 Å². The van der Waals surface area contributed by atoms with Crippen LogP contribution in [0.15, 0.2) is 53.3 Å². The molecule has 2 heterocycles. The molecular weight excluding hydrogens is 262 g/mol. The molecule has 4 nitrogen and oxygen atoms in total. The minimum atomic E-state index is -0.136. The number of hydrazone groups is 1. The van der Waals surface area contributed by atoms with Gasteiger partial charge in [0.15, 0.2) is 0 Å². The number of benzene rings is 1. The third-order valence-corrected chi connectivity index (χ3v) is 3.54. The van der Waals surface area contributed by atoms with Gasteiger partial charge in [-0.2, -0.15) is 5.10 Å². The Hall–Kier alpha value is -2.62. The number of rotatable bonds is 4. The molecule has 0 radical (unpaired) electrons. The van der Waals surface area contributed by atoms with E-state index in [0.717, 1.165) is 24.2 Å². The Morgan fingerprint density at radius 1 is 1.14 bits per heavy atom. The van der Waals surface area contributed by atoms with Crippen molar-refractivity contribution in [3.63, 3.8) is 0 Å². The second-order valence-electron chi connectivity index (χ2n) is 5.17. The van der Waals surface area contributed by atoms with Crippen molar-refractivity contribution >= 4 is 17.7 Å². The van der Waals surface area contributed by atoms with Crippen molar-refractivity contribution in [2.24, 2.45) is 5.10 Å². The van der Waals surface area contributed by atoms with Crippen LogP contribution in [0.2, 0.25) is 0 Å². The van der Waals surface area contributed by atoms with Crippen LogP contribution in [-0.4, -0.2) is 16.6 Å². The van der Waals surface area contributed by atoms with E-state index in [1.807, 2.05) is 24.4 Å². The Morgan fingerprint density at radius 3 is 2.67 bits per heavy atom. The van der Waals surface area contributed by atoms with Crippen LogP contribution in [-0.2, 0) is 11.2 Å². The van der Waals surface area contributed by atoms with E-state index in [2.05, 4.69) is 46.7 Å². The minimum absolute atomic E-state index is 0.136. The molecule has 1 aliphatic rings. The molecule has 1 amide bonds. The lowest BCUT2D eigenvalue weighted by atomic mass is 10.0. The van der Waals surface area contributed by atoms with Crippen LogP contribution in [0.4, 0.5) is 0 Å². The Kier molecular flexibility index (Phi) is 3.69. The number of hydrogen-bond acceptors (Lipinski definition) is 2. The summed E-state index contributed by atoms with van der Waals surface area (Å²) in [7, 11) is 0. The van der Waals surface area contributed by atoms with Crippen molar-refractivity contribution in [1.29, 1.82) is 0 Å². The van der Waals surface area contributed by atoms with Gasteiger partial charge in [-0.15, -0.1) is 0 Å². The smallest absolute Gasteiger partial charge is 0.273 e. The number of nitrogens with one attached hydrogen (secondary N) is 2. The second-order valence-corrected chi connectivity index (χ2v) is 5.17. The molecule has 2 aromatic rings. The standard InChI is InChI=1S/C17H17N3O/c1-12-4-6-13(7-5-12)8-9-16-15(17(21)20-19-16)11-14-3-2-10-18-14/h2-7,10-11,18H,8-9H2,1H3,(H,20,21). The molecule has 0 saturated carbocycles. The number of amides is 1. The fourth-order valence-corrected chi connectivity index (χ4v) is 2.32. The predicted molar refractivity (Wildman–Crippen MR) is 83.8 cm³/mol. The molecule has 4 heteroatoms. The number of aromatic amines is 1. The first kappa shape index (κ1) is 13.4. The summed E-state index contributed by atoms with van der Waals surface area (Å²) in [6.45, 7) is 2.07. The van der Waals surface area contributed by atoms with Gasteiger partial charge in [0.25, 0.3) is 5.91 Å². The van der Waals surface area contributed by atoms with E-state index in [4.69, 9.17) is 0 Å². The number of aryl methyl sites for hydroxylation is 2. The maximum absolute atomic E-state index is 11.9. The lowest BCUT2D eigenvalue weighted by molar-refractivity contribution is -0.116. The number of carbonyl (C=O) groups excluding carboxylic acids is 1. The fourth-order valence-electron chi connectivity index (χ4n) is 2.32. The molecule has 106 valence electrons. The Balaban J connectivity index is 1.72. The van der Waals surface area contributed by atoms with E-state index in [1.165, 1.54) is 11.1 Å². The van der Waals surface area contributed by atoms with Crippen LogP contribution in [0.1, 0.15) is 23.2 Å². The van der Waals surface area contributed by atoms with Crippen molar-refractivity contribution in [2.45, 2.75) is 19.8 Å². The molecule has 0 bridgehead atoms. The molecule has 1 aliphatic heterocycles. The highest BCUT2D eigenvalue weighted by Gasteiger charge is 2.22. The fraction of sp³-hybridized carbons (Fsp3) is 0.176. The van der Waals surface area contributed by atoms with Gasteiger partial charge in [-0.3, -0.25) is 4.79 Å². The number of nitrogens with zero attached hydrogens (tertiary/aromatic N) is 1. The number of hydrogen-bond donors (Lipinski definition) is 2. The zero-order valence-electron chi connectivity index (χ0n) is 11.9. The monoisotopic (exact) mass is 279 g/mol. The first-order chi connectivity index (χ1) is 10.2. The SMILES string of the molecule is Cc1ccc(CCC2=NNC(=O)C2=Cc2ccc[nH]2)cc1. The van der Waals surface area contributed by atoms with Crippen LogP contribution >= 0.6 is 0 Å². The first-order valence-electron chi connectivity index (χ1n) is 7.00. The van der Waals surface area contributed by atoms with Gasteiger partial charge in [-0.1, -0.05) is 29.8 Å². The van der Waals surface area contributed by atoms with Gasteiger partial charge in [-0.05, 0) is 43.5 Å².